The van der Waals surface area contributed by atoms with Crippen LogP contribution in [0.3, 0.4) is 0 Å². The van der Waals surface area contributed by atoms with Crippen molar-refractivity contribution in [2.45, 2.75) is 12.5 Å². The van der Waals surface area contributed by atoms with E-state index in [4.69, 9.17) is 5.73 Å². The summed E-state index contributed by atoms with van der Waals surface area (Å²) < 4.78 is 0. The van der Waals surface area contributed by atoms with Crippen molar-refractivity contribution in [3.8, 4) is 0 Å². The van der Waals surface area contributed by atoms with Crippen LogP contribution in [0.2, 0.25) is 0 Å². The summed E-state index contributed by atoms with van der Waals surface area (Å²) in [5, 5.41) is 0. The number of hydrogen-bond acceptors (Lipinski definition) is 4. The first-order valence-electron chi connectivity index (χ1n) is 5.90. The number of rotatable bonds is 4. The molecule has 0 spiro atoms. The second-order valence-corrected chi connectivity index (χ2v) is 4.71. The van der Waals surface area contributed by atoms with Gasteiger partial charge in [0.2, 0.25) is 5.91 Å². The van der Waals surface area contributed by atoms with Crippen molar-refractivity contribution in [3.63, 3.8) is 0 Å². The molecular formula is C11H24N4O. The summed E-state index contributed by atoms with van der Waals surface area (Å²) in [6.45, 7) is 3.93. The Hall–Kier alpha value is -0.650. The highest BCUT2D eigenvalue weighted by Gasteiger charge is 2.29. The second kappa shape index (κ2) is 6.18. The SMILES string of the molecule is CN(C)CCN1CCCN(C)C(CN)C1=O. The number of amides is 1. The van der Waals surface area contributed by atoms with Gasteiger partial charge in [-0.1, -0.05) is 0 Å². The van der Waals surface area contributed by atoms with Crippen LogP contribution < -0.4 is 5.73 Å². The molecule has 1 unspecified atom stereocenters. The highest BCUT2D eigenvalue weighted by molar-refractivity contribution is 5.82. The van der Waals surface area contributed by atoms with Crippen LogP contribution >= 0.6 is 0 Å². The lowest BCUT2D eigenvalue weighted by Gasteiger charge is -2.27. The van der Waals surface area contributed by atoms with Gasteiger partial charge in [-0.15, -0.1) is 0 Å². The second-order valence-electron chi connectivity index (χ2n) is 4.71. The molecule has 1 saturated heterocycles. The third-order valence-electron chi connectivity index (χ3n) is 3.11. The first kappa shape index (κ1) is 13.4. The van der Waals surface area contributed by atoms with Crippen LogP contribution in [-0.2, 0) is 4.79 Å². The molecule has 2 N–H and O–H groups in total. The Morgan fingerprint density at radius 3 is 2.69 bits per heavy atom. The molecule has 1 amide bonds. The lowest BCUT2D eigenvalue weighted by molar-refractivity contribution is -0.134. The third kappa shape index (κ3) is 3.43. The van der Waals surface area contributed by atoms with Crippen LogP contribution in [0.15, 0.2) is 0 Å². The Balaban J connectivity index is 2.59. The van der Waals surface area contributed by atoms with Gasteiger partial charge in [0, 0.05) is 32.7 Å². The smallest absolute Gasteiger partial charge is 0.241 e. The van der Waals surface area contributed by atoms with Crippen LogP contribution in [0.5, 0.6) is 0 Å². The molecule has 5 nitrogen and oxygen atoms in total. The number of carbonyl (C=O) groups is 1. The van der Waals surface area contributed by atoms with Crippen molar-refractivity contribution in [3.05, 3.63) is 0 Å². The molecule has 0 aliphatic carbocycles. The Kier molecular flexibility index (Phi) is 5.18. The molecule has 16 heavy (non-hydrogen) atoms. The normalized spacial score (nSPS) is 23.9. The minimum atomic E-state index is -0.135. The third-order valence-corrected chi connectivity index (χ3v) is 3.11. The van der Waals surface area contributed by atoms with Crippen LogP contribution in [-0.4, -0.2) is 80.5 Å². The fourth-order valence-electron chi connectivity index (χ4n) is 2.00. The van der Waals surface area contributed by atoms with Crippen LogP contribution in [0, 0.1) is 0 Å². The predicted molar refractivity (Wildman–Crippen MR) is 65.2 cm³/mol. The van der Waals surface area contributed by atoms with E-state index in [1.54, 1.807) is 0 Å². The van der Waals surface area contributed by atoms with E-state index in [9.17, 15) is 4.79 Å². The molecule has 0 saturated carbocycles. The summed E-state index contributed by atoms with van der Waals surface area (Å²) >= 11 is 0. The summed E-state index contributed by atoms with van der Waals surface area (Å²) in [5.41, 5.74) is 5.67. The fraction of sp³-hybridized carbons (Fsp3) is 0.909. The molecule has 1 heterocycles. The zero-order chi connectivity index (χ0) is 12.1. The van der Waals surface area contributed by atoms with Gasteiger partial charge in [0.1, 0.15) is 6.04 Å². The van der Waals surface area contributed by atoms with Crippen molar-refractivity contribution < 1.29 is 4.79 Å². The maximum absolute atomic E-state index is 12.2. The van der Waals surface area contributed by atoms with Crippen LogP contribution in [0.1, 0.15) is 6.42 Å². The van der Waals surface area contributed by atoms with Gasteiger partial charge >= 0.3 is 0 Å². The molecule has 0 aromatic carbocycles. The summed E-state index contributed by atoms with van der Waals surface area (Å²) in [4.78, 5) is 18.3. The van der Waals surface area contributed by atoms with E-state index in [0.717, 1.165) is 32.6 Å². The quantitative estimate of drug-likeness (QED) is 0.673. The highest BCUT2D eigenvalue weighted by atomic mass is 16.2. The van der Waals surface area contributed by atoms with Crippen molar-refractivity contribution in [2.24, 2.45) is 5.73 Å². The summed E-state index contributed by atoms with van der Waals surface area (Å²) in [6, 6.07) is -0.135. The number of nitrogens with two attached hydrogens (primary N) is 1. The monoisotopic (exact) mass is 228 g/mol. The number of hydrogen-bond donors (Lipinski definition) is 1. The molecular weight excluding hydrogens is 204 g/mol. The number of carbonyl (C=O) groups excluding carboxylic acids is 1. The van der Waals surface area contributed by atoms with Gasteiger partial charge in [-0.2, -0.15) is 0 Å². The summed E-state index contributed by atoms with van der Waals surface area (Å²) in [5.74, 6) is 0.185. The number of nitrogens with zero attached hydrogens (tertiary/aromatic N) is 3. The maximum Gasteiger partial charge on any atom is 0.241 e. The van der Waals surface area contributed by atoms with Gasteiger partial charge in [-0.3, -0.25) is 9.69 Å². The van der Waals surface area contributed by atoms with Crippen LogP contribution in [0.4, 0.5) is 0 Å². The number of likely N-dealkylation sites (N-methyl/N-ethyl adjacent to an activating group) is 2. The molecule has 0 bridgehead atoms. The van der Waals surface area contributed by atoms with E-state index in [-0.39, 0.29) is 11.9 Å². The molecule has 5 heteroatoms. The van der Waals surface area contributed by atoms with Crippen molar-refractivity contribution in [1.82, 2.24) is 14.7 Å². The first-order chi connectivity index (χ1) is 7.56. The summed E-state index contributed by atoms with van der Waals surface area (Å²) in [6.07, 6.45) is 1.03. The predicted octanol–water partition coefficient (Wildman–Crippen LogP) is -0.961. The molecule has 1 rings (SSSR count). The van der Waals surface area contributed by atoms with Crippen LogP contribution in [0.25, 0.3) is 0 Å². The first-order valence-corrected chi connectivity index (χ1v) is 5.90. The molecule has 1 aliphatic heterocycles. The van der Waals surface area contributed by atoms with E-state index in [1.165, 1.54) is 0 Å². The Morgan fingerprint density at radius 2 is 2.12 bits per heavy atom. The van der Waals surface area contributed by atoms with E-state index in [2.05, 4.69) is 9.80 Å². The van der Waals surface area contributed by atoms with E-state index < -0.39 is 0 Å². The molecule has 0 radical (unpaired) electrons. The minimum absolute atomic E-state index is 0.135. The average Bonchev–Trinajstić information content (AvgIpc) is 2.35. The topological polar surface area (TPSA) is 52.8 Å². The minimum Gasteiger partial charge on any atom is -0.340 e. The zero-order valence-electron chi connectivity index (χ0n) is 10.6. The molecule has 1 aliphatic rings. The standard InChI is InChI=1S/C11H24N4O/c1-13(2)7-8-15-6-4-5-14(3)10(9-12)11(15)16/h10H,4-9,12H2,1-3H3. The van der Waals surface area contributed by atoms with Gasteiger partial charge in [-0.25, -0.2) is 0 Å². The largest absolute Gasteiger partial charge is 0.340 e. The molecule has 0 aromatic heterocycles. The fourth-order valence-corrected chi connectivity index (χ4v) is 2.00. The molecule has 0 aromatic rings. The molecule has 94 valence electrons. The lowest BCUT2D eigenvalue weighted by atomic mass is 10.2. The van der Waals surface area contributed by atoms with Gasteiger partial charge < -0.3 is 15.5 Å². The van der Waals surface area contributed by atoms with Crippen molar-refractivity contribution >= 4 is 5.91 Å². The van der Waals surface area contributed by atoms with Gasteiger partial charge in [0.15, 0.2) is 0 Å². The highest BCUT2D eigenvalue weighted by Crippen LogP contribution is 2.08. The average molecular weight is 228 g/mol. The Labute approximate surface area is 98.2 Å². The summed E-state index contributed by atoms with van der Waals surface area (Å²) in [7, 11) is 6.02. The zero-order valence-corrected chi connectivity index (χ0v) is 10.6. The Morgan fingerprint density at radius 1 is 1.44 bits per heavy atom. The Bertz CT molecular complexity index is 232. The van der Waals surface area contributed by atoms with E-state index >= 15 is 0 Å². The van der Waals surface area contributed by atoms with Gasteiger partial charge in [0.25, 0.3) is 0 Å². The van der Waals surface area contributed by atoms with Crippen molar-refractivity contribution in [1.29, 1.82) is 0 Å². The van der Waals surface area contributed by atoms with E-state index in [1.807, 2.05) is 26.0 Å². The van der Waals surface area contributed by atoms with Gasteiger partial charge in [0.05, 0.1) is 0 Å². The molecule has 1 atom stereocenters. The van der Waals surface area contributed by atoms with Crippen molar-refractivity contribution in [2.75, 3.05) is 53.9 Å². The van der Waals surface area contributed by atoms with E-state index in [0.29, 0.717) is 6.54 Å². The molecule has 1 fully saturated rings. The van der Waals surface area contributed by atoms with Gasteiger partial charge in [-0.05, 0) is 27.6 Å². The maximum atomic E-state index is 12.2. The lowest BCUT2D eigenvalue weighted by Crippen LogP contribution is -2.49.